The number of anilines is 1. The zero-order chi connectivity index (χ0) is 18.9. The third-order valence-electron chi connectivity index (χ3n) is 3.73. The summed E-state index contributed by atoms with van der Waals surface area (Å²) in [5, 5.41) is 17.5. The number of urea groups is 1. The SMILES string of the molecule is CCCCNC(=O)N[C@H](C(=O)Nc1nnc(-c2ccccc2)s1)C(C)C. The molecular weight excluding hydrogens is 350 g/mol. The highest BCUT2D eigenvalue weighted by molar-refractivity contribution is 7.18. The Kier molecular flexibility index (Phi) is 7.53. The van der Waals surface area contributed by atoms with E-state index < -0.39 is 6.04 Å². The van der Waals surface area contributed by atoms with Gasteiger partial charge < -0.3 is 10.6 Å². The summed E-state index contributed by atoms with van der Waals surface area (Å²) in [6, 6.07) is 8.65. The Labute approximate surface area is 157 Å². The average molecular weight is 375 g/mol. The monoisotopic (exact) mass is 375 g/mol. The van der Waals surface area contributed by atoms with Gasteiger partial charge in [-0.3, -0.25) is 10.1 Å². The number of rotatable bonds is 8. The molecule has 1 aromatic carbocycles. The first-order valence-electron chi connectivity index (χ1n) is 8.75. The fourth-order valence-corrected chi connectivity index (χ4v) is 3.01. The van der Waals surface area contributed by atoms with Crippen LogP contribution in [0.25, 0.3) is 10.6 Å². The fourth-order valence-electron chi connectivity index (χ4n) is 2.26. The van der Waals surface area contributed by atoms with E-state index in [4.69, 9.17) is 0 Å². The van der Waals surface area contributed by atoms with Crippen molar-refractivity contribution in [1.29, 1.82) is 0 Å². The molecule has 3 amide bonds. The van der Waals surface area contributed by atoms with Crippen molar-refractivity contribution in [2.75, 3.05) is 11.9 Å². The van der Waals surface area contributed by atoms with Gasteiger partial charge in [-0.25, -0.2) is 4.79 Å². The highest BCUT2D eigenvalue weighted by atomic mass is 32.1. The number of nitrogens with zero attached hydrogens (tertiary/aromatic N) is 2. The third-order valence-corrected chi connectivity index (χ3v) is 4.62. The van der Waals surface area contributed by atoms with Gasteiger partial charge in [-0.15, -0.1) is 10.2 Å². The quantitative estimate of drug-likeness (QED) is 0.617. The molecule has 140 valence electrons. The van der Waals surface area contributed by atoms with Gasteiger partial charge in [0.05, 0.1) is 0 Å². The number of hydrogen-bond donors (Lipinski definition) is 3. The van der Waals surface area contributed by atoms with Crippen molar-refractivity contribution in [3.63, 3.8) is 0 Å². The molecule has 0 unspecified atom stereocenters. The predicted octanol–water partition coefficient (Wildman–Crippen LogP) is 3.27. The first-order chi connectivity index (χ1) is 12.5. The lowest BCUT2D eigenvalue weighted by Gasteiger charge is -2.21. The molecule has 3 N–H and O–H groups in total. The summed E-state index contributed by atoms with van der Waals surface area (Å²) in [5.41, 5.74) is 0.944. The average Bonchev–Trinajstić information content (AvgIpc) is 3.09. The number of hydrogen-bond acceptors (Lipinski definition) is 5. The van der Waals surface area contributed by atoms with Gasteiger partial charge in [0.15, 0.2) is 0 Å². The topological polar surface area (TPSA) is 96.0 Å². The molecule has 0 saturated carbocycles. The first kappa shape index (κ1) is 19.8. The van der Waals surface area contributed by atoms with E-state index in [9.17, 15) is 9.59 Å². The molecule has 8 heteroatoms. The zero-order valence-corrected chi connectivity index (χ0v) is 16.1. The van der Waals surface area contributed by atoms with Gasteiger partial charge in [0, 0.05) is 12.1 Å². The largest absolute Gasteiger partial charge is 0.338 e. The fraction of sp³-hybridized carbons (Fsp3) is 0.444. The Morgan fingerprint density at radius 1 is 1.15 bits per heavy atom. The summed E-state index contributed by atoms with van der Waals surface area (Å²) in [6.07, 6.45) is 1.90. The molecule has 0 bridgehead atoms. The van der Waals surface area contributed by atoms with Crippen molar-refractivity contribution in [2.24, 2.45) is 5.92 Å². The van der Waals surface area contributed by atoms with Crippen LogP contribution in [0.3, 0.4) is 0 Å². The molecule has 1 heterocycles. The maximum Gasteiger partial charge on any atom is 0.315 e. The van der Waals surface area contributed by atoms with Crippen molar-refractivity contribution in [2.45, 2.75) is 39.7 Å². The summed E-state index contributed by atoms with van der Waals surface area (Å²) >= 11 is 1.30. The Balaban J connectivity index is 1.97. The molecule has 0 aliphatic heterocycles. The number of unbranched alkanes of at least 4 members (excludes halogenated alkanes) is 1. The first-order valence-corrected chi connectivity index (χ1v) is 9.57. The molecular formula is C18H25N5O2S. The standard InChI is InChI=1S/C18H25N5O2S/c1-4-5-11-19-17(25)20-14(12(2)3)15(24)21-18-23-22-16(26-18)13-9-7-6-8-10-13/h6-10,12,14H,4-5,11H2,1-3H3,(H2,19,20,25)(H,21,23,24)/t14-/m0/s1. The molecule has 26 heavy (non-hydrogen) atoms. The summed E-state index contributed by atoms with van der Waals surface area (Å²) in [6.45, 7) is 6.40. The van der Waals surface area contributed by atoms with Crippen LogP contribution in [0.15, 0.2) is 30.3 Å². The van der Waals surface area contributed by atoms with Gasteiger partial charge in [-0.1, -0.05) is 68.9 Å². The molecule has 0 aliphatic carbocycles. The van der Waals surface area contributed by atoms with E-state index in [2.05, 4.69) is 33.1 Å². The smallest absolute Gasteiger partial charge is 0.315 e. The highest BCUT2D eigenvalue weighted by Gasteiger charge is 2.25. The van der Waals surface area contributed by atoms with E-state index >= 15 is 0 Å². The van der Waals surface area contributed by atoms with Gasteiger partial charge in [0.2, 0.25) is 11.0 Å². The molecule has 0 saturated heterocycles. The number of aromatic nitrogens is 2. The summed E-state index contributed by atoms with van der Waals surface area (Å²) in [4.78, 5) is 24.5. The van der Waals surface area contributed by atoms with E-state index in [1.807, 2.05) is 44.2 Å². The molecule has 0 spiro atoms. The van der Waals surface area contributed by atoms with Gasteiger partial charge in [0.25, 0.3) is 0 Å². The lowest BCUT2D eigenvalue weighted by atomic mass is 10.0. The van der Waals surface area contributed by atoms with E-state index in [1.54, 1.807) is 0 Å². The van der Waals surface area contributed by atoms with Crippen LogP contribution in [0, 0.1) is 5.92 Å². The van der Waals surface area contributed by atoms with E-state index in [1.165, 1.54) is 11.3 Å². The summed E-state index contributed by atoms with van der Waals surface area (Å²) in [5.74, 6) is -0.366. The van der Waals surface area contributed by atoms with Crippen LogP contribution >= 0.6 is 11.3 Å². The number of benzene rings is 1. The van der Waals surface area contributed by atoms with Crippen molar-refractivity contribution in [3.05, 3.63) is 30.3 Å². The maximum atomic E-state index is 12.6. The van der Waals surface area contributed by atoms with Crippen LogP contribution in [0.5, 0.6) is 0 Å². The minimum absolute atomic E-state index is 0.0616. The number of carbonyl (C=O) groups excluding carboxylic acids is 2. The van der Waals surface area contributed by atoms with Crippen molar-refractivity contribution in [1.82, 2.24) is 20.8 Å². The predicted molar refractivity (Wildman–Crippen MR) is 104 cm³/mol. The lowest BCUT2D eigenvalue weighted by Crippen LogP contribution is -2.50. The van der Waals surface area contributed by atoms with Gasteiger partial charge in [0.1, 0.15) is 11.0 Å². The minimum atomic E-state index is -0.652. The second kappa shape index (κ2) is 9.86. The van der Waals surface area contributed by atoms with Gasteiger partial charge in [-0.05, 0) is 12.3 Å². The van der Waals surface area contributed by atoms with Crippen LogP contribution in [-0.4, -0.2) is 34.7 Å². The molecule has 1 aromatic heterocycles. The van der Waals surface area contributed by atoms with Gasteiger partial charge >= 0.3 is 6.03 Å². The highest BCUT2D eigenvalue weighted by Crippen LogP contribution is 2.26. The third kappa shape index (κ3) is 5.80. The molecule has 2 aromatic rings. The van der Waals surface area contributed by atoms with Crippen LogP contribution in [-0.2, 0) is 4.79 Å². The second-order valence-electron chi connectivity index (χ2n) is 6.24. The van der Waals surface area contributed by atoms with E-state index in [0.29, 0.717) is 11.7 Å². The Bertz CT molecular complexity index is 717. The van der Waals surface area contributed by atoms with Crippen molar-refractivity contribution < 1.29 is 9.59 Å². The summed E-state index contributed by atoms with van der Waals surface area (Å²) in [7, 11) is 0. The molecule has 7 nitrogen and oxygen atoms in total. The number of carbonyl (C=O) groups is 2. The number of amides is 3. The zero-order valence-electron chi connectivity index (χ0n) is 15.3. The van der Waals surface area contributed by atoms with Gasteiger partial charge in [-0.2, -0.15) is 0 Å². The lowest BCUT2D eigenvalue weighted by molar-refractivity contribution is -0.118. The molecule has 0 aliphatic rings. The molecule has 0 fully saturated rings. The number of nitrogens with one attached hydrogen (secondary N) is 3. The van der Waals surface area contributed by atoms with Crippen LogP contribution in [0.4, 0.5) is 9.93 Å². The molecule has 1 atom stereocenters. The Hall–Kier alpha value is -2.48. The molecule has 2 rings (SSSR count). The Morgan fingerprint density at radius 2 is 1.88 bits per heavy atom. The van der Waals surface area contributed by atoms with Crippen LogP contribution < -0.4 is 16.0 Å². The summed E-state index contributed by atoms with van der Waals surface area (Å²) < 4.78 is 0. The van der Waals surface area contributed by atoms with Crippen molar-refractivity contribution >= 4 is 28.4 Å². The van der Waals surface area contributed by atoms with Crippen LogP contribution in [0.2, 0.25) is 0 Å². The maximum absolute atomic E-state index is 12.6. The van der Waals surface area contributed by atoms with Crippen molar-refractivity contribution in [3.8, 4) is 10.6 Å². The Morgan fingerprint density at radius 3 is 2.54 bits per heavy atom. The normalized spacial score (nSPS) is 11.8. The second-order valence-corrected chi connectivity index (χ2v) is 7.22. The van der Waals surface area contributed by atoms with E-state index in [0.717, 1.165) is 23.4 Å². The molecule has 0 radical (unpaired) electrons. The van der Waals surface area contributed by atoms with E-state index in [-0.39, 0.29) is 17.9 Å². The van der Waals surface area contributed by atoms with Crippen LogP contribution in [0.1, 0.15) is 33.6 Å². The minimum Gasteiger partial charge on any atom is -0.338 e.